The molecule has 0 amide bonds. The van der Waals surface area contributed by atoms with E-state index in [9.17, 15) is 5.11 Å². The molecule has 0 bridgehead atoms. The molecule has 1 aromatic rings. The van der Waals surface area contributed by atoms with Gasteiger partial charge in [-0.1, -0.05) is 19.8 Å². The summed E-state index contributed by atoms with van der Waals surface area (Å²) in [6.07, 6.45) is 6.29. The summed E-state index contributed by atoms with van der Waals surface area (Å²) in [7, 11) is 0. The van der Waals surface area contributed by atoms with Gasteiger partial charge in [-0.05, 0) is 30.9 Å². The molecule has 0 saturated heterocycles. The van der Waals surface area contributed by atoms with Crippen molar-refractivity contribution in [2.75, 3.05) is 6.61 Å². The monoisotopic (exact) mass is 223 g/mol. The zero-order valence-corrected chi connectivity index (χ0v) is 9.91. The van der Waals surface area contributed by atoms with E-state index in [1.54, 1.807) is 6.26 Å². The van der Waals surface area contributed by atoms with Crippen LogP contribution in [0.1, 0.15) is 38.4 Å². The van der Waals surface area contributed by atoms with Crippen LogP contribution in [0.15, 0.2) is 22.8 Å². The molecule has 0 aliphatic heterocycles. The molecule has 1 fully saturated rings. The Balaban J connectivity index is 1.93. The SMILES string of the molecule is CC1CCCC(CO)(NCc2ccco2)C1. The molecular formula is C13H21NO2. The predicted octanol–water partition coefficient (Wildman–Crippen LogP) is 2.31. The molecule has 0 radical (unpaired) electrons. The second-order valence-corrected chi connectivity index (χ2v) is 5.07. The van der Waals surface area contributed by atoms with E-state index in [0.29, 0.717) is 12.5 Å². The van der Waals surface area contributed by atoms with E-state index in [4.69, 9.17) is 4.42 Å². The Morgan fingerprint density at radius 2 is 2.50 bits per heavy atom. The minimum absolute atomic E-state index is 0.0928. The molecule has 1 aromatic heterocycles. The number of hydrogen-bond acceptors (Lipinski definition) is 3. The van der Waals surface area contributed by atoms with E-state index in [0.717, 1.165) is 18.6 Å². The van der Waals surface area contributed by atoms with Crippen molar-refractivity contribution in [2.24, 2.45) is 5.92 Å². The molecule has 0 aromatic carbocycles. The van der Waals surface area contributed by atoms with Crippen LogP contribution in [0.4, 0.5) is 0 Å². The highest BCUT2D eigenvalue weighted by Gasteiger charge is 2.33. The summed E-state index contributed by atoms with van der Waals surface area (Å²) in [5.74, 6) is 1.64. The van der Waals surface area contributed by atoms with Gasteiger partial charge in [0.15, 0.2) is 0 Å². The van der Waals surface area contributed by atoms with Gasteiger partial charge in [-0.25, -0.2) is 0 Å². The molecule has 2 atom stereocenters. The third kappa shape index (κ3) is 2.66. The van der Waals surface area contributed by atoms with Crippen molar-refractivity contribution in [3.63, 3.8) is 0 Å². The highest BCUT2D eigenvalue weighted by atomic mass is 16.3. The zero-order valence-electron chi connectivity index (χ0n) is 9.91. The summed E-state index contributed by atoms with van der Waals surface area (Å²) in [6.45, 7) is 3.19. The maximum atomic E-state index is 9.59. The van der Waals surface area contributed by atoms with E-state index in [1.807, 2.05) is 12.1 Å². The number of hydrogen-bond donors (Lipinski definition) is 2. The lowest BCUT2D eigenvalue weighted by Gasteiger charge is -2.39. The Labute approximate surface area is 96.8 Å². The Kier molecular flexibility index (Phi) is 3.66. The van der Waals surface area contributed by atoms with E-state index in [1.165, 1.54) is 12.8 Å². The first-order chi connectivity index (χ1) is 7.74. The molecule has 2 N–H and O–H groups in total. The largest absolute Gasteiger partial charge is 0.468 e. The molecule has 1 saturated carbocycles. The summed E-state index contributed by atoms with van der Waals surface area (Å²) in [5, 5.41) is 13.1. The van der Waals surface area contributed by atoms with E-state index in [2.05, 4.69) is 12.2 Å². The molecule has 3 heteroatoms. The number of furan rings is 1. The summed E-state index contributed by atoms with van der Waals surface area (Å²) < 4.78 is 5.30. The first-order valence-electron chi connectivity index (χ1n) is 6.12. The third-order valence-electron chi connectivity index (χ3n) is 3.61. The van der Waals surface area contributed by atoms with Gasteiger partial charge in [0.2, 0.25) is 0 Å². The number of nitrogens with one attached hydrogen (secondary N) is 1. The van der Waals surface area contributed by atoms with E-state index >= 15 is 0 Å². The average Bonchev–Trinajstić information content (AvgIpc) is 2.79. The lowest BCUT2D eigenvalue weighted by atomic mass is 9.77. The van der Waals surface area contributed by atoms with Crippen LogP contribution in [0.2, 0.25) is 0 Å². The Morgan fingerprint density at radius 1 is 1.62 bits per heavy atom. The van der Waals surface area contributed by atoms with Gasteiger partial charge in [0.1, 0.15) is 5.76 Å². The van der Waals surface area contributed by atoms with Crippen molar-refractivity contribution in [3.8, 4) is 0 Å². The normalized spacial score (nSPS) is 30.5. The minimum atomic E-state index is -0.0928. The van der Waals surface area contributed by atoms with Gasteiger partial charge in [-0.3, -0.25) is 0 Å². The lowest BCUT2D eigenvalue weighted by Crippen LogP contribution is -2.51. The van der Waals surface area contributed by atoms with Crippen LogP contribution in [0, 0.1) is 5.92 Å². The number of rotatable bonds is 4. The Bertz CT molecular complexity index is 310. The predicted molar refractivity (Wildman–Crippen MR) is 63.0 cm³/mol. The molecule has 0 spiro atoms. The molecule has 16 heavy (non-hydrogen) atoms. The summed E-state index contributed by atoms with van der Waals surface area (Å²) in [5.41, 5.74) is -0.0928. The highest BCUT2D eigenvalue weighted by molar-refractivity contribution is 5.00. The minimum Gasteiger partial charge on any atom is -0.468 e. The zero-order chi connectivity index (χ0) is 11.4. The second-order valence-electron chi connectivity index (χ2n) is 5.07. The van der Waals surface area contributed by atoms with E-state index < -0.39 is 0 Å². The fraction of sp³-hybridized carbons (Fsp3) is 0.692. The summed E-state index contributed by atoms with van der Waals surface area (Å²) >= 11 is 0. The smallest absolute Gasteiger partial charge is 0.117 e. The van der Waals surface area contributed by atoms with Crippen molar-refractivity contribution >= 4 is 0 Å². The standard InChI is InChI=1S/C13H21NO2/c1-11-4-2-6-13(8-11,10-15)14-9-12-5-3-7-16-12/h3,5,7,11,14-15H,2,4,6,8-10H2,1H3. The topological polar surface area (TPSA) is 45.4 Å². The van der Waals surface area contributed by atoms with Crippen LogP contribution in [-0.2, 0) is 6.54 Å². The quantitative estimate of drug-likeness (QED) is 0.823. The maximum Gasteiger partial charge on any atom is 0.117 e. The molecule has 2 unspecified atom stereocenters. The van der Waals surface area contributed by atoms with Crippen molar-refractivity contribution in [1.82, 2.24) is 5.32 Å². The lowest BCUT2D eigenvalue weighted by molar-refractivity contribution is 0.0964. The summed E-state index contributed by atoms with van der Waals surface area (Å²) in [6, 6.07) is 3.86. The number of aliphatic hydroxyl groups is 1. The highest BCUT2D eigenvalue weighted by Crippen LogP contribution is 2.32. The van der Waals surface area contributed by atoms with Gasteiger partial charge >= 0.3 is 0 Å². The molecule has 1 aliphatic carbocycles. The molecular weight excluding hydrogens is 202 g/mol. The molecule has 3 nitrogen and oxygen atoms in total. The van der Waals surface area contributed by atoms with Crippen molar-refractivity contribution in [3.05, 3.63) is 24.2 Å². The van der Waals surface area contributed by atoms with Gasteiger partial charge in [0, 0.05) is 5.54 Å². The van der Waals surface area contributed by atoms with Crippen LogP contribution in [-0.4, -0.2) is 17.3 Å². The van der Waals surface area contributed by atoms with Crippen molar-refractivity contribution < 1.29 is 9.52 Å². The van der Waals surface area contributed by atoms with Gasteiger partial charge < -0.3 is 14.8 Å². The Morgan fingerprint density at radius 3 is 3.12 bits per heavy atom. The molecule has 1 heterocycles. The van der Waals surface area contributed by atoms with Crippen molar-refractivity contribution in [2.45, 2.75) is 44.7 Å². The van der Waals surface area contributed by atoms with E-state index in [-0.39, 0.29) is 12.1 Å². The van der Waals surface area contributed by atoms with Gasteiger partial charge in [0.05, 0.1) is 19.4 Å². The Hall–Kier alpha value is -0.800. The maximum absolute atomic E-state index is 9.59. The van der Waals surface area contributed by atoms with Gasteiger partial charge in [0.25, 0.3) is 0 Å². The average molecular weight is 223 g/mol. The first-order valence-corrected chi connectivity index (χ1v) is 6.12. The van der Waals surface area contributed by atoms with Crippen LogP contribution in [0.25, 0.3) is 0 Å². The fourth-order valence-electron chi connectivity index (χ4n) is 2.71. The van der Waals surface area contributed by atoms with Crippen LogP contribution >= 0.6 is 0 Å². The summed E-state index contributed by atoms with van der Waals surface area (Å²) in [4.78, 5) is 0. The first kappa shape index (κ1) is 11.7. The third-order valence-corrected chi connectivity index (χ3v) is 3.61. The second kappa shape index (κ2) is 5.02. The van der Waals surface area contributed by atoms with Crippen LogP contribution in [0.3, 0.4) is 0 Å². The van der Waals surface area contributed by atoms with Crippen molar-refractivity contribution in [1.29, 1.82) is 0 Å². The van der Waals surface area contributed by atoms with Crippen LogP contribution in [0.5, 0.6) is 0 Å². The molecule has 2 rings (SSSR count). The fourth-order valence-corrected chi connectivity index (χ4v) is 2.71. The van der Waals surface area contributed by atoms with Gasteiger partial charge in [-0.15, -0.1) is 0 Å². The van der Waals surface area contributed by atoms with Crippen LogP contribution < -0.4 is 5.32 Å². The van der Waals surface area contributed by atoms with Gasteiger partial charge in [-0.2, -0.15) is 0 Å². The number of aliphatic hydroxyl groups excluding tert-OH is 1. The molecule has 1 aliphatic rings. The molecule has 90 valence electrons.